The van der Waals surface area contributed by atoms with Gasteiger partial charge in [-0.1, -0.05) is 12.8 Å². The van der Waals surface area contributed by atoms with Crippen molar-refractivity contribution in [3.63, 3.8) is 0 Å². The van der Waals surface area contributed by atoms with Gasteiger partial charge in [-0.2, -0.15) is 8.78 Å². The largest absolute Gasteiger partial charge is 0.435 e. The lowest BCUT2D eigenvalue weighted by Gasteiger charge is -2.27. The fraction of sp³-hybridized carbons (Fsp3) is 0.533. The first-order valence-corrected chi connectivity index (χ1v) is 7.47. The highest BCUT2D eigenvalue weighted by Gasteiger charge is 2.23. The average molecular weight is 318 g/mol. The number of benzene rings is 1. The van der Waals surface area contributed by atoms with Crippen molar-refractivity contribution in [2.75, 3.05) is 6.54 Å². The van der Waals surface area contributed by atoms with Gasteiger partial charge in [0.15, 0.2) is 0 Å². The van der Waals surface area contributed by atoms with E-state index in [1.165, 1.54) is 24.3 Å². The number of nitrogens with one attached hydrogen (secondary N) is 1. The SMILES string of the molecule is O=C(NCC1CCCCC1Cl)c1ccc(OC(F)F)cc1. The third kappa shape index (κ3) is 4.84. The van der Waals surface area contributed by atoms with E-state index >= 15 is 0 Å². The van der Waals surface area contributed by atoms with Crippen LogP contribution in [0.2, 0.25) is 0 Å². The molecule has 0 spiro atoms. The molecule has 2 atom stereocenters. The first-order chi connectivity index (χ1) is 10.1. The highest BCUT2D eigenvalue weighted by atomic mass is 35.5. The molecule has 6 heteroatoms. The smallest absolute Gasteiger partial charge is 0.387 e. The summed E-state index contributed by atoms with van der Waals surface area (Å²) < 4.78 is 28.3. The van der Waals surface area contributed by atoms with Crippen LogP contribution >= 0.6 is 11.6 Å². The summed E-state index contributed by atoms with van der Waals surface area (Å²) in [5.41, 5.74) is 0.415. The number of carbonyl (C=O) groups excluding carboxylic acids is 1. The number of hydrogen-bond acceptors (Lipinski definition) is 2. The van der Waals surface area contributed by atoms with Crippen LogP contribution in [0.1, 0.15) is 36.0 Å². The van der Waals surface area contributed by atoms with Crippen molar-refractivity contribution in [3.05, 3.63) is 29.8 Å². The zero-order valence-electron chi connectivity index (χ0n) is 11.5. The Morgan fingerprint density at radius 2 is 1.95 bits per heavy atom. The molecule has 1 aliphatic carbocycles. The van der Waals surface area contributed by atoms with Gasteiger partial charge < -0.3 is 10.1 Å². The normalized spacial score (nSPS) is 22.1. The molecule has 1 N–H and O–H groups in total. The van der Waals surface area contributed by atoms with E-state index in [0.717, 1.165) is 25.7 Å². The van der Waals surface area contributed by atoms with Crippen molar-refractivity contribution < 1.29 is 18.3 Å². The average Bonchev–Trinajstić information content (AvgIpc) is 2.46. The molecule has 0 radical (unpaired) electrons. The van der Waals surface area contributed by atoms with E-state index in [1.807, 2.05) is 0 Å². The van der Waals surface area contributed by atoms with Crippen molar-refractivity contribution in [2.24, 2.45) is 5.92 Å². The summed E-state index contributed by atoms with van der Waals surface area (Å²) in [6, 6.07) is 5.64. The molecule has 0 aliphatic heterocycles. The fourth-order valence-corrected chi connectivity index (χ4v) is 2.88. The number of alkyl halides is 3. The lowest BCUT2D eigenvalue weighted by atomic mass is 9.88. The highest BCUT2D eigenvalue weighted by Crippen LogP contribution is 2.28. The van der Waals surface area contributed by atoms with Crippen LogP contribution in [0.3, 0.4) is 0 Å². The Bertz CT molecular complexity index is 467. The predicted octanol–water partition coefficient (Wildman–Crippen LogP) is 3.82. The Balaban J connectivity index is 1.85. The molecule has 3 nitrogen and oxygen atoms in total. The first kappa shape index (κ1) is 16.0. The summed E-state index contributed by atoms with van der Waals surface area (Å²) in [6.07, 6.45) is 4.30. The topological polar surface area (TPSA) is 38.3 Å². The molecule has 1 aromatic carbocycles. The Kier molecular flexibility index (Phi) is 5.79. The van der Waals surface area contributed by atoms with Crippen molar-refractivity contribution in [2.45, 2.75) is 37.7 Å². The van der Waals surface area contributed by atoms with E-state index in [0.29, 0.717) is 18.0 Å². The molecule has 0 bridgehead atoms. The van der Waals surface area contributed by atoms with Crippen LogP contribution < -0.4 is 10.1 Å². The Morgan fingerprint density at radius 3 is 2.57 bits per heavy atom. The molecule has 1 fully saturated rings. The lowest BCUT2D eigenvalue weighted by Crippen LogP contribution is -2.34. The van der Waals surface area contributed by atoms with E-state index in [4.69, 9.17) is 11.6 Å². The Hall–Kier alpha value is -1.36. The summed E-state index contributed by atoms with van der Waals surface area (Å²) >= 11 is 6.24. The quantitative estimate of drug-likeness (QED) is 0.839. The Labute approximate surface area is 127 Å². The van der Waals surface area contributed by atoms with E-state index in [9.17, 15) is 13.6 Å². The number of rotatable bonds is 5. The molecule has 1 amide bonds. The molecular formula is C15H18ClF2NO2. The third-order valence-electron chi connectivity index (χ3n) is 3.68. The maximum atomic E-state index is 12.0. The first-order valence-electron chi connectivity index (χ1n) is 7.03. The summed E-state index contributed by atoms with van der Waals surface area (Å²) in [7, 11) is 0. The van der Waals surface area contributed by atoms with E-state index in [1.54, 1.807) is 0 Å². The molecule has 0 aromatic heterocycles. The van der Waals surface area contributed by atoms with E-state index < -0.39 is 6.61 Å². The van der Waals surface area contributed by atoms with Crippen LogP contribution in [0.15, 0.2) is 24.3 Å². The monoisotopic (exact) mass is 317 g/mol. The zero-order chi connectivity index (χ0) is 15.2. The van der Waals surface area contributed by atoms with Gasteiger partial charge in [0.1, 0.15) is 5.75 Å². The van der Waals surface area contributed by atoms with Gasteiger partial charge in [0.2, 0.25) is 0 Å². The molecule has 116 valence electrons. The van der Waals surface area contributed by atoms with E-state index in [2.05, 4.69) is 10.1 Å². The summed E-state index contributed by atoms with van der Waals surface area (Å²) in [5, 5.41) is 2.96. The molecular weight excluding hydrogens is 300 g/mol. The van der Waals surface area contributed by atoms with Crippen LogP contribution in [0, 0.1) is 5.92 Å². The maximum Gasteiger partial charge on any atom is 0.387 e. The predicted molar refractivity (Wildman–Crippen MR) is 77.0 cm³/mol. The van der Waals surface area contributed by atoms with Crippen molar-refractivity contribution in [1.82, 2.24) is 5.32 Å². The maximum absolute atomic E-state index is 12.0. The molecule has 2 unspecified atom stereocenters. The van der Waals surface area contributed by atoms with Crippen molar-refractivity contribution in [3.8, 4) is 5.75 Å². The minimum Gasteiger partial charge on any atom is -0.435 e. The second-order valence-corrected chi connectivity index (χ2v) is 5.73. The number of halogens is 3. The number of hydrogen-bond donors (Lipinski definition) is 1. The lowest BCUT2D eigenvalue weighted by molar-refractivity contribution is -0.0498. The number of carbonyl (C=O) groups is 1. The van der Waals surface area contributed by atoms with Crippen LogP contribution in [0.4, 0.5) is 8.78 Å². The van der Waals surface area contributed by atoms with E-state index in [-0.39, 0.29) is 17.0 Å². The zero-order valence-corrected chi connectivity index (χ0v) is 12.3. The minimum absolute atomic E-state index is 0.0367. The molecule has 0 heterocycles. The fourth-order valence-electron chi connectivity index (χ4n) is 2.51. The van der Waals surface area contributed by atoms with Gasteiger partial charge in [-0.15, -0.1) is 11.6 Å². The van der Waals surface area contributed by atoms with Gasteiger partial charge in [-0.05, 0) is 43.0 Å². The van der Waals surface area contributed by atoms with Crippen LogP contribution in [-0.2, 0) is 0 Å². The molecule has 1 aromatic rings. The van der Waals surface area contributed by atoms with Gasteiger partial charge >= 0.3 is 6.61 Å². The molecule has 1 saturated carbocycles. The minimum atomic E-state index is -2.86. The van der Waals surface area contributed by atoms with Crippen LogP contribution in [0.5, 0.6) is 5.75 Å². The van der Waals surface area contributed by atoms with Crippen molar-refractivity contribution >= 4 is 17.5 Å². The third-order valence-corrected chi connectivity index (χ3v) is 4.26. The highest BCUT2D eigenvalue weighted by molar-refractivity contribution is 6.20. The molecule has 2 rings (SSSR count). The molecule has 0 saturated heterocycles. The molecule has 1 aliphatic rings. The van der Waals surface area contributed by atoms with Gasteiger partial charge in [0.05, 0.1) is 0 Å². The second kappa shape index (κ2) is 7.59. The summed E-state index contributed by atoms with van der Waals surface area (Å²) in [4.78, 5) is 12.0. The second-order valence-electron chi connectivity index (χ2n) is 5.17. The Morgan fingerprint density at radius 1 is 1.29 bits per heavy atom. The summed E-state index contributed by atoms with van der Waals surface area (Å²) in [5.74, 6) is 0.105. The van der Waals surface area contributed by atoms with Crippen molar-refractivity contribution in [1.29, 1.82) is 0 Å². The van der Waals surface area contributed by atoms with Gasteiger partial charge in [-0.3, -0.25) is 4.79 Å². The molecule has 21 heavy (non-hydrogen) atoms. The number of ether oxygens (including phenoxy) is 1. The van der Waals surface area contributed by atoms with Crippen LogP contribution in [-0.4, -0.2) is 24.4 Å². The van der Waals surface area contributed by atoms with Crippen LogP contribution in [0.25, 0.3) is 0 Å². The number of amides is 1. The van der Waals surface area contributed by atoms with Gasteiger partial charge in [-0.25, -0.2) is 0 Å². The van der Waals surface area contributed by atoms with Gasteiger partial charge in [0, 0.05) is 17.5 Å². The van der Waals surface area contributed by atoms with Gasteiger partial charge in [0.25, 0.3) is 5.91 Å². The standard InChI is InChI=1S/C15H18ClF2NO2/c16-13-4-2-1-3-11(13)9-19-14(20)10-5-7-12(8-6-10)21-15(17)18/h5-8,11,13,15H,1-4,9H2,(H,19,20). The summed E-state index contributed by atoms with van der Waals surface area (Å²) in [6.45, 7) is -2.32.